The Morgan fingerprint density at radius 2 is 1.86 bits per heavy atom. The second-order valence-corrected chi connectivity index (χ2v) is 5.75. The monoisotopic (exact) mass is 295 g/mol. The minimum Gasteiger partial charge on any atom is -0.488 e. The van der Waals surface area contributed by atoms with Crippen molar-refractivity contribution < 1.29 is 19.0 Å². The highest BCUT2D eigenvalue weighted by Crippen LogP contribution is 2.28. The zero-order chi connectivity index (χ0) is 14.7. The average molecular weight is 295 g/mol. The summed E-state index contributed by atoms with van der Waals surface area (Å²) in [4.78, 5) is 2.30. The van der Waals surface area contributed by atoms with Crippen molar-refractivity contribution in [1.29, 1.82) is 0 Å². The van der Waals surface area contributed by atoms with Gasteiger partial charge >= 0.3 is 0 Å². The molecular weight excluding hydrogens is 273 g/mol. The predicted octanol–water partition coefficient (Wildman–Crippen LogP) is 1.82. The van der Waals surface area contributed by atoms with Crippen LogP contribution in [-0.2, 0) is 4.74 Å². The zero-order valence-electron chi connectivity index (χ0n) is 12.1. The number of hydrogen-bond acceptors (Lipinski definition) is 4. The molecule has 116 valence electrons. The molecule has 3 atom stereocenters. The van der Waals surface area contributed by atoms with Gasteiger partial charge in [0.2, 0.25) is 0 Å². The van der Waals surface area contributed by atoms with E-state index in [4.69, 9.17) is 9.47 Å². The third-order valence-corrected chi connectivity index (χ3v) is 4.38. The van der Waals surface area contributed by atoms with E-state index in [1.807, 2.05) is 0 Å². The summed E-state index contributed by atoms with van der Waals surface area (Å²) in [6.45, 7) is 3.19. The van der Waals surface area contributed by atoms with E-state index in [1.54, 1.807) is 12.1 Å². The quantitative estimate of drug-likeness (QED) is 0.923. The lowest BCUT2D eigenvalue weighted by molar-refractivity contribution is -0.0775. The maximum absolute atomic E-state index is 12.9. The van der Waals surface area contributed by atoms with Crippen LogP contribution in [0.25, 0.3) is 0 Å². The maximum atomic E-state index is 12.9. The fraction of sp³-hybridized carbons (Fsp3) is 0.625. The van der Waals surface area contributed by atoms with Crippen molar-refractivity contribution in [3.8, 4) is 5.75 Å². The van der Waals surface area contributed by atoms with Crippen molar-refractivity contribution in [1.82, 2.24) is 4.90 Å². The zero-order valence-corrected chi connectivity index (χ0v) is 12.1. The Morgan fingerprint density at radius 1 is 1.14 bits per heavy atom. The Bertz CT molecular complexity index is 447. The van der Waals surface area contributed by atoms with Crippen LogP contribution in [0, 0.1) is 5.82 Å². The number of morpholine rings is 1. The van der Waals surface area contributed by atoms with E-state index in [2.05, 4.69) is 4.90 Å². The number of aliphatic hydroxyl groups excluding tert-OH is 1. The molecule has 3 rings (SSSR count). The Hall–Kier alpha value is -1.17. The van der Waals surface area contributed by atoms with Crippen LogP contribution in [-0.4, -0.2) is 54.6 Å². The summed E-state index contributed by atoms with van der Waals surface area (Å²) < 4.78 is 24.2. The Labute approximate surface area is 124 Å². The van der Waals surface area contributed by atoms with Crippen LogP contribution in [0.5, 0.6) is 5.75 Å². The molecule has 1 aliphatic heterocycles. The first-order chi connectivity index (χ1) is 10.2. The van der Waals surface area contributed by atoms with Crippen molar-refractivity contribution in [2.75, 3.05) is 26.3 Å². The van der Waals surface area contributed by atoms with E-state index in [0.29, 0.717) is 5.75 Å². The van der Waals surface area contributed by atoms with Gasteiger partial charge in [-0.15, -0.1) is 0 Å². The lowest BCUT2D eigenvalue weighted by Gasteiger charge is -2.42. The summed E-state index contributed by atoms with van der Waals surface area (Å²) in [6, 6.07) is 6.11. The molecule has 2 fully saturated rings. The second-order valence-electron chi connectivity index (χ2n) is 5.75. The number of halogens is 1. The van der Waals surface area contributed by atoms with E-state index >= 15 is 0 Å². The lowest BCUT2D eigenvalue weighted by atomic mass is 9.88. The van der Waals surface area contributed by atoms with Crippen LogP contribution in [0.2, 0.25) is 0 Å². The first-order valence-corrected chi connectivity index (χ1v) is 7.66. The Balaban J connectivity index is 1.63. The number of ether oxygens (including phenoxy) is 2. The fourth-order valence-electron chi connectivity index (χ4n) is 3.24. The van der Waals surface area contributed by atoms with Crippen LogP contribution in [0.15, 0.2) is 24.3 Å². The summed E-state index contributed by atoms with van der Waals surface area (Å²) in [5, 5.41) is 10.6. The largest absolute Gasteiger partial charge is 0.488 e. The van der Waals surface area contributed by atoms with Crippen LogP contribution < -0.4 is 4.74 Å². The van der Waals surface area contributed by atoms with Gasteiger partial charge in [0, 0.05) is 19.1 Å². The van der Waals surface area contributed by atoms with Gasteiger partial charge in [-0.05, 0) is 43.5 Å². The summed E-state index contributed by atoms with van der Waals surface area (Å²) >= 11 is 0. The SMILES string of the molecule is O[C@H]1[C@H](Oc2ccc(F)cc2)CCC[C@@H]1N1CCOCC1. The fourth-order valence-corrected chi connectivity index (χ4v) is 3.24. The number of nitrogens with zero attached hydrogens (tertiary/aromatic N) is 1. The maximum Gasteiger partial charge on any atom is 0.126 e. The molecule has 1 saturated heterocycles. The van der Waals surface area contributed by atoms with Gasteiger partial charge in [0.15, 0.2) is 0 Å². The number of benzene rings is 1. The molecule has 1 saturated carbocycles. The third-order valence-electron chi connectivity index (χ3n) is 4.38. The van der Waals surface area contributed by atoms with E-state index in [9.17, 15) is 9.50 Å². The van der Waals surface area contributed by atoms with E-state index < -0.39 is 6.10 Å². The van der Waals surface area contributed by atoms with Crippen molar-refractivity contribution in [3.05, 3.63) is 30.1 Å². The van der Waals surface area contributed by atoms with Gasteiger partial charge in [-0.1, -0.05) is 0 Å². The Kier molecular flexibility index (Phi) is 4.73. The molecule has 1 aromatic carbocycles. The van der Waals surface area contributed by atoms with Crippen molar-refractivity contribution >= 4 is 0 Å². The second kappa shape index (κ2) is 6.73. The van der Waals surface area contributed by atoms with E-state index in [0.717, 1.165) is 45.6 Å². The molecule has 1 heterocycles. The Morgan fingerprint density at radius 3 is 2.57 bits per heavy atom. The molecular formula is C16H22FNO3. The normalized spacial score (nSPS) is 31.0. The van der Waals surface area contributed by atoms with Crippen LogP contribution in [0.1, 0.15) is 19.3 Å². The van der Waals surface area contributed by atoms with Crippen LogP contribution >= 0.6 is 0 Å². The molecule has 21 heavy (non-hydrogen) atoms. The highest BCUT2D eigenvalue weighted by molar-refractivity contribution is 5.22. The summed E-state index contributed by atoms with van der Waals surface area (Å²) in [5.41, 5.74) is 0. The standard InChI is InChI=1S/C16H22FNO3/c17-12-4-6-13(7-5-12)21-15-3-1-2-14(16(15)19)18-8-10-20-11-9-18/h4-7,14-16,19H,1-3,8-11H2/t14-,15+,16+/m0/s1. The predicted molar refractivity (Wildman–Crippen MR) is 76.9 cm³/mol. The molecule has 0 spiro atoms. The number of hydrogen-bond donors (Lipinski definition) is 1. The van der Waals surface area contributed by atoms with Crippen molar-refractivity contribution in [2.45, 2.75) is 37.5 Å². The molecule has 1 aliphatic carbocycles. The van der Waals surface area contributed by atoms with Gasteiger partial charge in [0.05, 0.1) is 13.2 Å². The smallest absolute Gasteiger partial charge is 0.126 e. The summed E-state index contributed by atoms with van der Waals surface area (Å²) in [5.74, 6) is 0.334. The van der Waals surface area contributed by atoms with E-state index in [-0.39, 0.29) is 18.0 Å². The molecule has 5 heteroatoms. The van der Waals surface area contributed by atoms with Crippen molar-refractivity contribution in [2.24, 2.45) is 0 Å². The molecule has 1 N–H and O–H groups in total. The minimum atomic E-state index is -0.512. The van der Waals surface area contributed by atoms with Crippen molar-refractivity contribution in [3.63, 3.8) is 0 Å². The number of rotatable bonds is 3. The highest BCUT2D eigenvalue weighted by Gasteiger charge is 2.37. The van der Waals surface area contributed by atoms with Gasteiger partial charge in [0.25, 0.3) is 0 Å². The molecule has 2 aliphatic rings. The third kappa shape index (κ3) is 3.54. The minimum absolute atomic E-state index is 0.132. The highest BCUT2D eigenvalue weighted by atomic mass is 19.1. The molecule has 4 nitrogen and oxygen atoms in total. The average Bonchev–Trinajstić information content (AvgIpc) is 2.52. The molecule has 0 unspecified atom stereocenters. The molecule has 1 aromatic rings. The van der Waals surface area contributed by atoms with Gasteiger partial charge < -0.3 is 14.6 Å². The van der Waals surface area contributed by atoms with Gasteiger partial charge in [-0.3, -0.25) is 4.90 Å². The first kappa shape index (κ1) is 14.8. The molecule has 0 aromatic heterocycles. The van der Waals surface area contributed by atoms with Gasteiger partial charge in [-0.2, -0.15) is 0 Å². The lowest BCUT2D eigenvalue weighted by Crippen LogP contribution is -2.55. The number of aliphatic hydroxyl groups is 1. The van der Waals surface area contributed by atoms with Crippen LogP contribution in [0.4, 0.5) is 4.39 Å². The molecule has 0 amide bonds. The molecule has 0 radical (unpaired) electrons. The van der Waals surface area contributed by atoms with Gasteiger partial charge in [-0.25, -0.2) is 4.39 Å². The first-order valence-electron chi connectivity index (χ1n) is 7.66. The molecule has 0 bridgehead atoms. The summed E-state index contributed by atoms with van der Waals surface area (Å²) in [7, 11) is 0. The van der Waals surface area contributed by atoms with Crippen LogP contribution in [0.3, 0.4) is 0 Å². The van der Waals surface area contributed by atoms with Gasteiger partial charge in [0.1, 0.15) is 23.8 Å². The van der Waals surface area contributed by atoms with E-state index in [1.165, 1.54) is 12.1 Å². The topological polar surface area (TPSA) is 41.9 Å². The summed E-state index contributed by atoms with van der Waals surface area (Å²) in [6.07, 6.45) is 2.12.